The van der Waals surface area contributed by atoms with Gasteiger partial charge in [-0.2, -0.15) is 0 Å². The predicted molar refractivity (Wildman–Crippen MR) is 147 cm³/mol. The van der Waals surface area contributed by atoms with Crippen LogP contribution < -0.4 is 0 Å². The molecule has 4 saturated carbocycles. The van der Waals surface area contributed by atoms with Crippen molar-refractivity contribution in [3.05, 3.63) is 24.3 Å². The Morgan fingerprint density at radius 1 is 1.00 bits per heavy atom. The van der Waals surface area contributed by atoms with E-state index >= 15 is 0 Å². The van der Waals surface area contributed by atoms with Crippen LogP contribution in [0.25, 0.3) is 0 Å². The van der Waals surface area contributed by atoms with Crippen LogP contribution in [0, 0.1) is 49.7 Å². The van der Waals surface area contributed by atoms with E-state index in [0.29, 0.717) is 5.92 Å². The summed E-state index contributed by atoms with van der Waals surface area (Å²) in [6.07, 6.45) is 11.6. The van der Waals surface area contributed by atoms with Gasteiger partial charge in [-0.15, -0.1) is 6.58 Å². The molecule has 206 valence electrons. The van der Waals surface area contributed by atoms with E-state index in [2.05, 4.69) is 55.0 Å². The van der Waals surface area contributed by atoms with Crippen molar-refractivity contribution in [1.29, 1.82) is 0 Å². The van der Waals surface area contributed by atoms with E-state index in [-0.39, 0.29) is 50.8 Å². The third kappa shape index (κ3) is 3.06. The molecule has 5 rings (SSSR count). The molecule has 0 heterocycles. The second-order valence-corrected chi connectivity index (χ2v) is 15.7. The average Bonchev–Trinajstić information content (AvgIpc) is 2.82. The fourth-order valence-electron chi connectivity index (χ4n) is 11.3. The number of allylic oxidation sites excluding steroid dienone is 3. The number of fused-ring (bicyclic) bond motifs is 7. The van der Waals surface area contributed by atoms with Crippen LogP contribution in [-0.2, 0) is 14.3 Å². The predicted octanol–water partition coefficient (Wildman–Crippen LogP) is 7.06. The molecule has 4 heteroatoms. The van der Waals surface area contributed by atoms with Gasteiger partial charge in [0.15, 0.2) is 5.78 Å². The molecule has 8 atom stereocenters. The Hall–Kier alpha value is -1.42. The Morgan fingerprint density at radius 3 is 2.27 bits per heavy atom. The number of aliphatic hydroxyl groups is 1. The number of aliphatic hydroxyl groups excluding tert-OH is 1. The van der Waals surface area contributed by atoms with Gasteiger partial charge < -0.3 is 9.84 Å². The maximum Gasteiger partial charge on any atom is 0.312 e. The molecule has 4 nitrogen and oxygen atoms in total. The molecule has 1 unspecified atom stereocenters. The number of ether oxygens (including phenoxy) is 1. The lowest BCUT2D eigenvalue weighted by Gasteiger charge is -2.72. The van der Waals surface area contributed by atoms with Crippen LogP contribution in [0.15, 0.2) is 24.3 Å². The Kier molecular flexibility index (Phi) is 5.75. The number of esters is 1. The molecular formula is C33H50O4. The first-order valence-electron chi connectivity index (χ1n) is 14.7. The first-order chi connectivity index (χ1) is 17.0. The highest BCUT2D eigenvalue weighted by atomic mass is 16.5. The van der Waals surface area contributed by atoms with Crippen LogP contribution in [0.5, 0.6) is 0 Å². The largest absolute Gasteiger partial charge is 0.469 e. The van der Waals surface area contributed by atoms with E-state index in [1.165, 1.54) is 12.7 Å². The van der Waals surface area contributed by atoms with Gasteiger partial charge in [0.1, 0.15) is 0 Å². The average molecular weight is 511 g/mol. The van der Waals surface area contributed by atoms with Gasteiger partial charge in [-0.05, 0) is 96.9 Å². The lowest BCUT2D eigenvalue weighted by Crippen LogP contribution is -2.70. The molecule has 0 bridgehead atoms. The van der Waals surface area contributed by atoms with Crippen molar-refractivity contribution in [2.45, 2.75) is 112 Å². The van der Waals surface area contributed by atoms with Gasteiger partial charge in [0.05, 0.1) is 18.6 Å². The molecule has 37 heavy (non-hydrogen) atoms. The summed E-state index contributed by atoms with van der Waals surface area (Å²) < 4.78 is 5.51. The first kappa shape index (κ1) is 27.2. The summed E-state index contributed by atoms with van der Waals surface area (Å²) in [7, 11) is 1.50. The molecule has 0 amide bonds. The molecule has 1 N–H and O–H groups in total. The van der Waals surface area contributed by atoms with E-state index in [4.69, 9.17) is 4.74 Å². The number of rotatable bonds is 2. The quantitative estimate of drug-likeness (QED) is 0.319. The highest BCUT2D eigenvalue weighted by Crippen LogP contribution is 2.78. The fraction of sp³-hybridized carbons (Fsp3) is 0.818. The second kappa shape index (κ2) is 7.83. The van der Waals surface area contributed by atoms with Crippen LogP contribution in [0.4, 0.5) is 0 Å². The molecule has 5 aliphatic rings. The lowest BCUT2D eigenvalue weighted by molar-refractivity contribution is -0.213. The normalized spacial score (nSPS) is 49.9. The summed E-state index contributed by atoms with van der Waals surface area (Å²) >= 11 is 0. The Bertz CT molecular complexity index is 1070. The van der Waals surface area contributed by atoms with Crippen molar-refractivity contribution in [2.24, 2.45) is 49.7 Å². The molecule has 0 aliphatic heterocycles. The molecule has 0 aromatic heterocycles. The second-order valence-electron chi connectivity index (χ2n) is 15.7. The number of methoxy groups -OCH3 is 1. The SMILES string of the molecule is C=C[C@@]12CC(C)(C)CC[C@]1(C(=O)OC)CC[C@]1(C)[C@@H]2C(=O)C=C2[C@@]3(C)CC[C@H](O)C(C)(C)C3CC[C@]21C. The van der Waals surface area contributed by atoms with Crippen LogP contribution in [0.1, 0.15) is 106 Å². The summed E-state index contributed by atoms with van der Waals surface area (Å²) in [6, 6.07) is 0. The minimum absolute atomic E-state index is 0.0162. The topological polar surface area (TPSA) is 63.6 Å². The highest BCUT2D eigenvalue weighted by molar-refractivity contribution is 5.97. The standard InChI is InChI=1S/C33H50O4/c1-10-32-20-27(2,3)15-17-33(32,26(36)37-9)18-16-31(8)25(32)21(34)19-23-29(6)13-12-24(35)28(4,5)22(29)11-14-30(23,31)7/h10,19,22,24-25,35H,1,11-18,20H2,2-9H3/t22?,24-,25-,29-,30+,31+,32-,33+/m0/s1. The zero-order valence-electron chi connectivity index (χ0n) is 24.6. The molecule has 0 saturated heterocycles. The van der Waals surface area contributed by atoms with Crippen molar-refractivity contribution >= 4 is 11.8 Å². The Morgan fingerprint density at radius 2 is 1.65 bits per heavy atom. The van der Waals surface area contributed by atoms with E-state index in [9.17, 15) is 14.7 Å². The number of hydrogen-bond donors (Lipinski definition) is 1. The van der Waals surface area contributed by atoms with E-state index in [0.717, 1.165) is 57.8 Å². The number of hydrogen-bond acceptors (Lipinski definition) is 4. The molecular weight excluding hydrogens is 460 g/mol. The number of carbonyl (C=O) groups is 2. The first-order valence-corrected chi connectivity index (χ1v) is 14.7. The molecule has 0 spiro atoms. The summed E-state index contributed by atoms with van der Waals surface area (Å²) in [5, 5.41) is 10.9. The third-order valence-electron chi connectivity index (χ3n) is 13.5. The van der Waals surface area contributed by atoms with Gasteiger partial charge in [0.25, 0.3) is 0 Å². The van der Waals surface area contributed by atoms with Crippen molar-refractivity contribution in [1.82, 2.24) is 0 Å². The summed E-state index contributed by atoms with van der Waals surface area (Å²) in [5.41, 5.74) is -0.699. The van der Waals surface area contributed by atoms with E-state index < -0.39 is 10.8 Å². The van der Waals surface area contributed by atoms with E-state index in [1.807, 2.05) is 12.2 Å². The maximum atomic E-state index is 14.6. The number of ketones is 1. The lowest BCUT2D eigenvalue weighted by atomic mass is 9.30. The van der Waals surface area contributed by atoms with Gasteiger partial charge in [0.2, 0.25) is 0 Å². The summed E-state index contributed by atoms with van der Waals surface area (Å²) in [5.74, 6) is 0.0829. The van der Waals surface area contributed by atoms with Crippen LogP contribution in [0.3, 0.4) is 0 Å². The molecule has 5 aliphatic carbocycles. The summed E-state index contributed by atoms with van der Waals surface area (Å²) in [4.78, 5) is 28.3. The van der Waals surface area contributed by atoms with Crippen molar-refractivity contribution in [2.75, 3.05) is 7.11 Å². The van der Waals surface area contributed by atoms with Crippen molar-refractivity contribution in [3.63, 3.8) is 0 Å². The van der Waals surface area contributed by atoms with Crippen LogP contribution in [-0.4, -0.2) is 30.1 Å². The van der Waals surface area contributed by atoms with Gasteiger partial charge in [0, 0.05) is 11.3 Å². The summed E-state index contributed by atoms with van der Waals surface area (Å²) in [6.45, 7) is 20.5. The van der Waals surface area contributed by atoms with Crippen LogP contribution >= 0.6 is 0 Å². The third-order valence-corrected chi connectivity index (χ3v) is 13.5. The fourth-order valence-corrected chi connectivity index (χ4v) is 11.3. The van der Waals surface area contributed by atoms with E-state index in [1.54, 1.807) is 0 Å². The molecule has 0 aromatic rings. The highest BCUT2D eigenvalue weighted by Gasteiger charge is 2.75. The van der Waals surface area contributed by atoms with Gasteiger partial charge in [-0.1, -0.05) is 60.1 Å². The van der Waals surface area contributed by atoms with Gasteiger partial charge >= 0.3 is 5.97 Å². The van der Waals surface area contributed by atoms with Gasteiger partial charge in [-0.3, -0.25) is 9.59 Å². The minimum atomic E-state index is -0.696. The van der Waals surface area contributed by atoms with Gasteiger partial charge in [-0.25, -0.2) is 0 Å². The van der Waals surface area contributed by atoms with Crippen molar-refractivity contribution in [3.8, 4) is 0 Å². The molecule has 0 aromatic carbocycles. The maximum absolute atomic E-state index is 14.6. The Balaban J connectivity index is 1.72. The minimum Gasteiger partial charge on any atom is -0.469 e. The zero-order chi connectivity index (χ0) is 27.4. The van der Waals surface area contributed by atoms with Crippen LogP contribution in [0.2, 0.25) is 0 Å². The Labute approximate surface area is 224 Å². The smallest absolute Gasteiger partial charge is 0.312 e. The molecule has 4 fully saturated rings. The monoisotopic (exact) mass is 510 g/mol. The van der Waals surface area contributed by atoms with Crippen molar-refractivity contribution < 1.29 is 19.4 Å². The molecule has 0 radical (unpaired) electrons. The number of carbonyl (C=O) groups excluding carboxylic acids is 2. The zero-order valence-corrected chi connectivity index (χ0v) is 24.6.